The van der Waals surface area contributed by atoms with Gasteiger partial charge in [-0.3, -0.25) is 9.78 Å². The van der Waals surface area contributed by atoms with Gasteiger partial charge in [0.1, 0.15) is 17.2 Å². The van der Waals surface area contributed by atoms with E-state index in [1.165, 1.54) is 18.3 Å². The smallest absolute Gasteiger partial charge is 0.239 e. The monoisotopic (exact) mass is 519 g/mol. The molecule has 0 spiro atoms. The number of carbonyl (C=O) groups excluding carboxylic acids is 1. The highest BCUT2D eigenvalue weighted by molar-refractivity contribution is 6.01. The minimum atomic E-state index is -2.75. The molecule has 192 valence electrons. The number of carbonyl (C=O) groups is 1. The SMILES string of the molecule is Cc1cc2[nH]c(-c3ccnc(NC(=O)C(CC(F)F)c4ccc(F)cc4)c3)c(-c3ccccn3)c2nc1F. The van der Waals surface area contributed by atoms with Crippen LogP contribution in [0.5, 0.6) is 0 Å². The summed E-state index contributed by atoms with van der Waals surface area (Å²) in [4.78, 5) is 29.0. The summed E-state index contributed by atoms with van der Waals surface area (Å²) in [5.41, 5.74) is 3.87. The van der Waals surface area contributed by atoms with Gasteiger partial charge in [0.15, 0.2) is 0 Å². The van der Waals surface area contributed by atoms with Gasteiger partial charge in [0.2, 0.25) is 18.3 Å². The van der Waals surface area contributed by atoms with E-state index in [-0.39, 0.29) is 11.4 Å². The Morgan fingerprint density at radius 3 is 2.50 bits per heavy atom. The van der Waals surface area contributed by atoms with E-state index >= 15 is 0 Å². The third-order valence-corrected chi connectivity index (χ3v) is 6.12. The largest absolute Gasteiger partial charge is 0.353 e. The number of fused-ring (bicyclic) bond motifs is 1. The molecule has 0 aliphatic heterocycles. The minimum absolute atomic E-state index is 0.120. The third-order valence-electron chi connectivity index (χ3n) is 6.12. The van der Waals surface area contributed by atoms with Crippen LogP contribution in [0.25, 0.3) is 33.5 Å². The van der Waals surface area contributed by atoms with E-state index in [1.807, 2.05) is 0 Å². The normalized spacial score (nSPS) is 12.2. The number of halogens is 4. The summed E-state index contributed by atoms with van der Waals surface area (Å²) in [6, 6.07) is 15.1. The summed E-state index contributed by atoms with van der Waals surface area (Å²) in [7, 11) is 0. The first kappa shape index (κ1) is 25.1. The first-order valence-corrected chi connectivity index (χ1v) is 11.7. The van der Waals surface area contributed by atoms with Crippen molar-refractivity contribution in [3.63, 3.8) is 0 Å². The lowest BCUT2D eigenvalue weighted by Crippen LogP contribution is -2.23. The van der Waals surface area contributed by atoms with Crippen molar-refractivity contribution < 1.29 is 22.4 Å². The molecule has 0 radical (unpaired) electrons. The number of hydrogen-bond donors (Lipinski definition) is 2. The van der Waals surface area contributed by atoms with Crippen LogP contribution in [0.4, 0.5) is 23.4 Å². The van der Waals surface area contributed by atoms with Gasteiger partial charge in [0, 0.05) is 29.9 Å². The number of H-pyrrole nitrogens is 1. The molecule has 0 aliphatic carbocycles. The van der Waals surface area contributed by atoms with E-state index in [0.717, 1.165) is 12.1 Å². The minimum Gasteiger partial charge on any atom is -0.353 e. The topological polar surface area (TPSA) is 83.6 Å². The van der Waals surface area contributed by atoms with E-state index in [1.54, 1.807) is 49.5 Å². The highest BCUT2D eigenvalue weighted by Gasteiger charge is 2.26. The predicted molar refractivity (Wildman–Crippen MR) is 136 cm³/mol. The molecule has 0 aliphatic rings. The number of hydrogen-bond acceptors (Lipinski definition) is 4. The molecule has 4 aromatic heterocycles. The Hall–Kier alpha value is -4.60. The summed E-state index contributed by atoms with van der Waals surface area (Å²) < 4.78 is 54.3. The molecule has 5 aromatic rings. The van der Waals surface area contributed by atoms with Gasteiger partial charge in [-0.1, -0.05) is 18.2 Å². The molecule has 2 N–H and O–H groups in total. The van der Waals surface area contributed by atoms with E-state index in [4.69, 9.17) is 0 Å². The van der Waals surface area contributed by atoms with Crippen molar-refractivity contribution in [1.82, 2.24) is 19.9 Å². The van der Waals surface area contributed by atoms with Gasteiger partial charge in [-0.05, 0) is 55.0 Å². The first-order chi connectivity index (χ1) is 18.3. The summed E-state index contributed by atoms with van der Waals surface area (Å²) >= 11 is 0. The van der Waals surface area contributed by atoms with Crippen LogP contribution >= 0.6 is 0 Å². The number of aromatic nitrogens is 4. The van der Waals surface area contributed by atoms with Crippen molar-refractivity contribution in [3.05, 3.63) is 95.9 Å². The summed E-state index contributed by atoms with van der Waals surface area (Å²) in [5, 5.41) is 2.60. The molecule has 0 saturated heterocycles. The molecule has 38 heavy (non-hydrogen) atoms. The lowest BCUT2D eigenvalue weighted by Gasteiger charge is -2.17. The first-order valence-electron chi connectivity index (χ1n) is 11.7. The number of aromatic amines is 1. The number of amides is 1. The number of nitrogens with zero attached hydrogens (tertiary/aromatic N) is 3. The second kappa shape index (κ2) is 10.4. The van der Waals surface area contributed by atoms with Crippen LogP contribution in [0.3, 0.4) is 0 Å². The van der Waals surface area contributed by atoms with Gasteiger partial charge in [-0.15, -0.1) is 0 Å². The molecule has 4 heterocycles. The van der Waals surface area contributed by atoms with Gasteiger partial charge >= 0.3 is 0 Å². The zero-order chi connectivity index (χ0) is 26.8. The van der Waals surface area contributed by atoms with Gasteiger partial charge in [0.05, 0.1) is 28.4 Å². The fraction of sp³-hybridized carbons (Fsp3) is 0.143. The van der Waals surface area contributed by atoms with E-state index in [2.05, 4.69) is 25.3 Å². The molecule has 0 saturated carbocycles. The van der Waals surface area contributed by atoms with Gasteiger partial charge < -0.3 is 10.3 Å². The number of nitrogens with one attached hydrogen (secondary N) is 2. The quantitative estimate of drug-likeness (QED) is 0.186. The zero-order valence-corrected chi connectivity index (χ0v) is 20.1. The average molecular weight is 520 g/mol. The fourth-order valence-electron chi connectivity index (χ4n) is 4.30. The van der Waals surface area contributed by atoms with Crippen LogP contribution in [0.15, 0.2) is 73.1 Å². The van der Waals surface area contributed by atoms with Gasteiger partial charge in [-0.25, -0.2) is 23.1 Å². The molecule has 1 unspecified atom stereocenters. The fourth-order valence-corrected chi connectivity index (χ4v) is 4.30. The highest BCUT2D eigenvalue weighted by Crippen LogP contribution is 2.37. The lowest BCUT2D eigenvalue weighted by molar-refractivity contribution is -0.118. The molecule has 10 heteroatoms. The second-order valence-corrected chi connectivity index (χ2v) is 8.73. The van der Waals surface area contributed by atoms with Crippen LogP contribution in [0.1, 0.15) is 23.5 Å². The Balaban J connectivity index is 1.53. The number of pyridine rings is 3. The predicted octanol–water partition coefficient (Wildman–Crippen LogP) is 6.65. The van der Waals surface area contributed by atoms with E-state index in [9.17, 15) is 22.4 Å². The summed E-state index contributed by atoms with van der Waals surface area (Å²) in [5.74, 6) is -2.94. The molecular formula is C28H21F4N5O. The molecule has 1 atom stereocenters. The van der Waals surface area contributed by atoms with Crippen molar-refractivity contribution >= 4 is 22.8 Å². The number of anilines is 1. The highest BCUT2D eigenvalue weighted by atomic mass is 19.3. The van der Waals surface area contributed by atoms with E-state index in [0.29, 0.717) is 39.1 Å². The standard InChI is InChI=1S/C28H21F4N5O/c1-15-12-21-26(37-27(15)32)24(20-4-2-3-10-33-20)25(35-21)17-9-11-34-23(13-17)36-28(38)19(14-22(30)31)16-5-7-18(29)8-6-16/h2-13,19,22,35H,14H2,1H3,(H,34,36,38). The zero-order valence-electron chi connectivity index (χ0n) is 20.1. The van der Waals surface area contributed by atoms with Gasteiger partial charge in [-0.2, -0.15) is 4.39 Å². The maximum atomic E-state index is 14.4. The van der Waals surface area contributed by atoms with Crippen LogP contribution < -0.4 is 5.32 Å². The second-order valence-electron chi connectivity index (χ2n) is 8.73. The molecule has 1 amide bonds. The van der Waals surface area contributed by atoms with Crippen molar-refractivity contribution in [2.45, 2.75) is 25.7 Å². The Morgan fingerprint density at radius 1 is 1.00 bits per heavy atom. The van der Waals surface area contributed by atoms with Crippen LogP contribution in [0.2, 0.25) is 0 Å². The van der Waals surface area contributed by atoms with Crippen molar-refractivity contribution in [1.29, 1.82) is 0 Å². The number of alkyl halides is 2. The van der Waals surface area contributed by atoms with Gasteiger partial charge in [0.25, 0.3) is 0 Å². The van der Waals surface area contributed by atoms with Crippen molar-refractivity contribution in [2.75, 3.05) is 5.32 Å². The Kier molecular flexibility index (Phi) is 6.87. The molecule has 0 fully saturated rings. The lowest BCUT2D eigenvalue weighted by atomic mass is 9.95. The third kappa shape index (κ3) is 5.10. The van der Waals surface area contributed by atoms with Crippen LogP contribution in [-0.2, 0) is 4.79 Å². The molecule has 5 rings (SSSR count). The Labute approximate surface area is 214 Å². The number of benzene rings is 1. The van der Waals surface area contributed by atoms with Crippen LogP contribution in [0, 0.1) is 18.7 Å². The molecule has 1 aromatic carbocycles. The number of rotatable bonds is 7. The Bertz CT molecular complexity index is 1600. The van der Waals surface area contributed by atoms with Crippen molar-refractivity contribution in [2.24, 2.45) is 0 Å². The van der Waals surface area contributed by atoms with Crippen molar-refractivity contribution in [3.8, 4) is 22.5 Å². The maximum absolute atomic E-state index is 14.4. The molecule has 0 bridgehead atoms. The Morgan fingerprint density at radius 2 is 1.79 bits per heavy atom. The number of aryl methyl sites for hydroxylation is 1. The summed E-state index contributed by atoms with van der Waals surface area (Å²) in [6.07, 6.45) is -0.421. The maximum Gasteiger partial charge on any atom is 0.239 e. The summed E-state index contributed by atoms with van der Waals surface area (Å²) in [6.45, 7) is 1.61. The van der Waals surface area contributed by atoms with E-state index < -0.39 is 36.4 Å². The van der Waals surface area contributed by atoms with Crippen LogP contribution in [-0.4, -0.2) is 32.3 Å². The molecule has 6 nitrogen and oxygen atoms in total. The average Bonchev–Trinajstić information content (AvgIpc) is 3.26. The molecular weight excluding hydrogens is 498 g/mol.